The van der Waals surface area contributed by atoms with Crippen LogP contribution in [0.4, 0.5) is 0 Å². The van der Waals surface area contributed by atoms with Gasteiger partial charge in [0, 0.05) is 25.8 Å². The van der Waals surface area contributed by atoms with E-state index in [-0.39, 0.29) is 25.8 Å². The maximum Gasteiger partial charge on any atom is 0.668 e. The molecule has 0 fully saturated rings. The zero-order valence-corrected chi connectivity index (χ0v) is 8.96. The van der Waals surface area contributed by atoms with Crippen LogP contribution in [0.5, 0.6) is 0 Å². The Morgan fingerprint density at radius 3 is 0.455 bits per heavy atom. The quantitative estimate of drug-likeness (QED) is 0.194. The van der Waals surface area contributed by atoms with Crippen molar-refractivity contribution in [3.05, 3.63) is 0 Å². The minimum absolute atomic E-state index is 0. The van der Waals surface area contributed by atoms with E-state index in [0.717, 1.165) is 0 Å². The molecule has 0 rings (SSSR count). The van der Waals surface area contributed by atoms with Crippen molar-refractivity contribution in [3.63, 3.8) is 0 Å². The third-order valence-electron chi connectivity index (χ3n) is 0. The van der Waals surface area contributed by atoms with Gasteiger partial charge in [0.05, 0.1) is 0 Å². The molecule has 8 nitrogen and oxygen atoms in total. The normalized spacial score (nSPS) is 10.9. The molecule has 8 N–H and O–H groups in total. The summed E-state index contributed by atoms with van der Waals surface area (Å²) in [5.41, 5.74) is 0. The van der Waals surface area contributed by atoms with Crippen LogP contribution in [0, 0.1) is 0 Å². The average Bonchev–Trinajstić information content (AvgIpc) is 1.12. The fourth-order valence-electron chi connectivity index (χ4n) is 0. The molecule has 0 amide bonds. The van der Waals surface area contributed by atoms with Gasteiger partial charge in [-0.25, -0.2) is 0 Å². The van der Waals surface area contributed by atoms with Crippen molar-refractivity contribution in [1.29, 1.82) is 0 Å². The molecule has 0 aliphatic carbocycles. The van der Waals surface area contributed by atoms with E-state index in [9.17, 15) is 0 Å². The molecule has 0 bridgehead atoms. The van der Waals surface area contributed by atoms with Gasteiger partial charge in [0.15, 0.2) is 0 Å². The summed E-state index contributed by atoms with van der Waals surface area (Å²) in [5, 5.41) is 0. The largest absolute Gasteiger partial charge is 0.668 e. The first-order chi connectivity index (χ1) is 4.00. The van der Waals surface area contributed by atoms with Crippen LogP contribution in [0.3, 0.4) is 0 Å². The van der Waals surface area contributed by atoms with E-state index in [0.29, 0.717) is 0 Å². The van der Waals surface area contributed by atoms with Crippen molar-refractivity contribution in [3.8, 4) is 0 Å². The molecule has 0 aliphatic heterocycles. The molecule has 0 unspecified atom stereocenters. The van der Waals surface area contributed by atoms with Crippen molar-refractivity contribution in [2.24, 2.45) is 0 Å². The Balaban J connectivity index is -0.000000107. The molecule has 11 heavy (non-hydrogen) atoms. The van der Waals surface area contributed by atoms with E-state index >= 15 is 0 Å². The second kappa shape index (κ2) is 6.49. The topological polar surface area (TPSA) is 162 Å². The van der Waals surface area contributed by atoms with Crippen molar-refractivity contribution in [2.75, 3.05) is 0 Å². The summed E-state index contributed by atoms with van der Waals surface area (Å²) in [6.45, 7) is 0. The van der Waals surface area contributed by atoms with Crippen molar-refractivity contribution < 1.29 is 64.2 Å². The Kier molecular flexibility index (Phi) is 10.6. The summed E-state index contributed by atoms with van der Waals surface area (Å²) in [6, 6.07) is 0. The molecule has 0 aromatic heterocycles. The van der Waals surface area contributed by atoms with Crippen molar-refractivity contribution in [1.82, 2.24) is 0 Å². The minimum Gasteiger partial charge on any atom is -0.368 e. The van der Waals surface area contributed by atoms with Gasteiger partial charge in [-0.1, -0.05) is 0 Å². The van der Waals surface area contributed by atoms with Crippen LogP contribution in [-0.4, -0.2) is 56.5 Å². The molecule has 11 heteroatoms. The Labute approximate surface area is 82.4 Å². The van der Waals surface area contributed by atoms with Crippen LogP contribution in [0.25, 0.3) is 0 Å². The van der Waals surface area contributed by atoms with E-state index in [1.54, 1.807) is 0 Å². The summed E-state index contributed by atoms with van der Waals surface area (Å²) >= 11 is 0. The zero-order chi connectivity index (χ0) is 9.00. The van der Waals surface area contributed by atoms with Crippen LogP contribution in [0.2, 0.25) is 0 Å². The first-order valence-electron chi connectivity index (χ1n) is 1.79. The number of hydrogen-bond donors (Lipinski definition) is 8. The first-order valence-corrected chi connectivity index (χ1v) is 5.37. The summed E-state index contributed by atoms with van der Waals surface area (Å²) in [7, 11) is -9.22. The molecule has 0 aliphatic rings. The van der Waals surface area contributed by atoms with Gasteiger partial charge in [-0.3, -0.25) is 0 Å². The molecular formula is H8O8ScSi2. The molecule has 0 aromatic carbocycles. The predicted molar refractivity (Wildman–Crippen MR) is 29.3 cm³/mol. The molecule has 0 heterocycles. The van der Waals surface area contributed by atoms with Crippen LogP contribution in [0.15, 0.2) is 0 Å². The summed E-state index contributed by atoms with van der Waals surface area (Å²) < 4.78 is 0. The van der Waals surface area contributed by atoms with Gasteiger partial charge >= 0.3 is 18.1 Å². The van der Waals surface area contributed by atoms with Gasteiger partial charge in [-0.15, -0.1) is 0 Å². The van der Waals surface area contributed by atoms with E-state index in [1.165, 1.54) is 0 Å². The number of rotatable bonds is 0. The Morgan fingerprint density at radius 2 is 0.455 bits per heavy atom. The average molecular weight is 237 g/mol. The fourth-order valence-corrected chi connectivity index (χ4v) is 0. The standard InChI is InChI=1S/2H4O4Si.Sc/c2*1-5(2,3)4;/h2*1-4H;. The van der Waals surface area contributed by atoms with Crippen LogP contribution < -0.4 is 0 Å². The minimum atomic E-state index is -4.61. The van der Waals surface area contributed by atoms with Crippen molar-refractivity contribution in [2.45, 2.75) is 0 Å². The van der Waals surface area contributed by atoms with Crippen LogP contribution in [-0.2, 0) is 25.8 Å². The summed E-state index contributed by atoms with van der Waals surface area (Å²) in [5.74, 6) is 0. The maximum atomic E-state index is 7.33. The summed E-state index contributed by atoms with van der Waals surface area (Å²) in [6.07, 6.45) is 0. The smallest absolute Gasteiger partial charge is 0.368 e. The predicted octanol–water partition coefficient (Wildman–Crippen LogP) is -5.22. The van der Waals surface area contributed by atoms with Crippen LogP contribution in [0.1, 0.15) is 0 Å². The van der Waals surface area contributed by atoms with Crippen LogP contribution >= 0.6 is 0 Å². The second-order valence-electron chi connectivity index (χ2n) is 1.20. The molecule has 0 aromatic rings. The summed E-state index contributed by atoms with van der Waals surface area (Å²) in [4.78, 5) is 58.6. The molecular weight excluding hydrogens is 229 g/mol. The zero-order valence-electron chi connectivity index (χ0n) is 5.16. The van der Waals surface area contributed by atoms with Gasteiger partial charge in [0.1, 0.15) is 0 Å². The first kappa shape index (κ1) is 17.9. The Hall–Kier alpha value is 0.984. The molecule has 0 saturated heterocycles. The monoisotopic (exact) mass is 237 g/mol. The fraction of sp³-hybridized carbons (Fsp3) is 0. The van der Waals surface area contributed by atoms with Gasteiger partial charge in [0.25, 0.3) is 0 Å². The Bertz CT molecular complexity index is 55.1. The van der Waals surface area contributed by atoms with Gasteiger partial charge in [-0.2, -0.15) is 0 Å². The van der Waals surface area contributed by atoms with E-state index < -0.39 is 18.1 Å². The van der Waals surface area contributed by atoms with E-state index in [4.69, 9.17) is 38.4 Å². The van der Waals surface area contributed by atoms with Gasteiger partial charge < -0.3 is 38.4 Å². The van der Waals surface area contributed by atoms with Gasteiger partial charge in [-0.05, 0) is 0 Å². The third-order valence-corrected chi connectivity index (χ3v) is 0. The molecule has 0 spiro atoms. The number of hydrogen-bond acceptors (Lipinski definition) is 8. The maximum absolute atomic E-state index is 7.33. The molecule has 67 valence electrons. The second-order valence-corrected chi connectivity index (χ2v) is 3.60. The third kappa shape index (κ3) is 916. The van der Waals surface area contributed by atoms with E-state index in [1.807, 2.05) is 0 Å². The molecule has 1 radical (unpaired) electrons. The van der Waals surface area contributed by atoms with Crippen molar-refractivity contribution >= 4 is 18.1 Å². The molecule has 0 atom stereocenters. The SMILES string of the molecule is O[Si](O)(O)O.O[Si](O)(O)O.[Sc]. The Morgan fingerprint density at radius 1 is 0.455 bits per heavy atom. The van der Waals surface area contributed by atoms with E-state index in [2.05, 4.69) is 0 Å². The van der Waals surface area contributed by atoms with Gasteiger partial charge in [0.2, 0.25) is 0 Å². The molecule has 0 saturated carbocycles.